The summed E-state index contributed by atoms with van der Waals surface area (Å²) in [6.07, 6.45) is 0. The predicted octanol–water partition coefficient (Wildman–Crippen LogP) is 18.3. The van der Waals surface area contributed by atoms with Crippen molar-refractivity contribution < 1.29 is 0 Å². The first-order valence-corrected chi connectivity index (χ1v) is 24.0. The molecule has 0 radical (unpaired) electrons. The van der Waals surface area contributed by atoms with E-state index >= 15 is 0 Å². The quantitative estimate of drug-likeness (QED) is 0.130. The molecule has 0 bridgehead atoms. The smallest absolute Gasteiger partial charge is 0.0991 e. The number of hydrogen-bond donors (Lipinski definition) is 0. The molecule has 0 fully saturated rings. The highest BCUT2D eigenvalue weighted by molar-refractivity contribution is 6.11. The molecule has 0 saturated carbocycles. The van der Waals surface area contributed by atoms with Crippen molar-refractivity contribution in [3.8, 4) is 56.3 Å². The molecule has 334 valence electrons. The number of fused-ring (bicyclic) bond motifs is 3. The predicted molar refractivity (Wildman–Crippen MR) is 297 cm³/mol. The first-order valence-electron chi connectivity index (χ1n) is 24.0. The maximum absolute atomic E-state index is 9.26. The number of nitrogens with zero attached hydrogens (tertiary/aromatic N) is 4. The molecular formula is C67H46N4. The van der Waals surface area contributed by atoms with E-state index in [9.17, 15) is 5.26 Å². The van der Waals surface area contributed by atoms with Gasteiger partial charge in [0.15, 0.2) is 0 Å². The number of benzene rings is 11. The fraction of sp³-hybridized carbons (Fsp3) is 0. The van der Waals surface area contributed by atoms with Gasteiger partial charge in [-0.05, 0) is 166 Å². The zero-order valence-corrected chi connectivity index (χ0v) is 38.8. The van der Waals surface area contributed by atoms with Gasteiger partial charge in [-0.15, -0.1) is 0 Å². The van der Waals surface area contributed by atoms with Crippen LogP contribution in [0.25, 0.3) is 72.0 Å². The maximum atomic E-state index is 9.26. The van der Waals surface area contributed by atoms with Crippen LogP contribution in [0.15, 0.2) is 279 Å². The molecule has 0 N–H and O–H groups in total. The van der Waals surface area contributed by atoms with Gasteiger partial charge in [0, 0.05) is 50.6 Å². The molecule has 0 aliphatic carbocycles. The lowest BCUT2D eigenvalue weighted by molar-refractivity contribution is 1.18. The minimum atomic E-state index is 0.662. The van der Waals surface area contributed by atoms with E-state index in [1.54, 1.807) is 0 Å². The Balaban J connectivity index is 0.927. The molecule has 0 unspecified atom stereocenters. The Kier molecular flexibility index (Phi) is 11.3. The topological polar surface area (TPSA) is 35.2 Å². The summed E-state index contributed by atoms with van der Waals surface area (Å²) >= 11 is 0. The van der Waals surface area contributed by atoms with E-state index in [4.69, 9.17) is 0 Å². The van der Waals surface area contributed by atoms with Crippen molar-refractivity contribution in [2.75, 3.05) is 9.80 Å². The van der Waals surface area contributed by atoms with E-state index in [0.717, 1.165) is 95.4 Å². The third-order valence-corrected chi connectivity index (χ3v) is 13.4. The van der Waals surface area contributed by atoms with Crippen molar-refractivity contribution >= 4 is 55.9 Å². The minimum absolute atomic E-state index is 0.662. The van der Waals surface area contributed by atoms with Crippen LogP contribution in [0.5, 0.6) is 0 Å². The molecule has 0 aliphatic heterocycles. The maximum Gasteiger partial charge on any atom is 0.0991 e. The molecule has 0 spiro atoms. The van der Waals surface area contributed by atoms with Gasteiger partial charge in [0.25, 0.3) is 0 Å². The molecule has 71 heavy (non-hydrogen) atoms. The van der Waals surface area contributed by atoms with Gasteiger partial charge in [0.05, 0.1) is 22.7 Å². The summed E-state index contributed by atoms with van der Waals surface area (Å²) < 4.78 is 2.40. The summed E-state index contributed by atoms with van der Waals surface area (Å²) in [5.74, 6) is 0. The molecule has 11 aromatic carbocycles. The zero-order chi connectivity index (χ0) is 47.5. The Morgan fingerprint density at radius 2 is 0.535 bits per heavy atom. The number of nitriles is 1. The molecule has 4 nitrogen and oxygen atoms in total. The van der Waals surface area contributed by atoms with Crippen LogP contribution in [0.1, 0.15) is 5.56 Å². The molecule has 1 aromatic heterocycles. The molecule has 0 atom stereocenters. The molecule has 0 amide bonds. The van der Waals surface area contributed by atoms with E-state index in [-0.39, 0.29) is 0 Å². The summed E-state index contributed by atoms with van der Waals surface area (Å²) in [4.78, 5) is 4.60. The molecule has 0 saturated heterocycles. The van der Waals surface area contributed by atoms with Crippen LogP contribution in [-0.2, 0) is 0 Å². The highest BCUT2D eigenvalue weighted by Gasteiger charge is 2.18. The Bertz CT molecular complexity index is 3540. The van der Waals surface area contributed by atoms with Crippen LogP contribution in [0.3, 0.4) is 0 Å². The lowest BCUT2D eigenvalue weighted by Gasteiger charge is -2.25. The van der Waals surface area contributed by atoms with Gasteiger partial charge in [-0.3, -0.25) is 0 Å². The zero-order valence-electron chi connectivity index (χ0n) is 38.8. The van der Waals surface area contributed by atoms with Crippen molar-refractivity contribution in [1.29, 1.82) is 5.26 Å². The van der Waals surface area contributed by atoms with E-state index in [1.807, 2.05) is 24.3 Å². The SMILES string of the molecule is N#Cc1ccc(-c2ccc(-c3ccc(-n4c5ccc(-c6ccc(N(c7ccccc7)c7ccccc7)cc6)cc5c5cc(-c6ccc(N(c7ccccc7)c7ccccc7)cc6)ccc54)cc3)cc2)cc1. The molecular weight excluding hydrogens is 861 g/mol. The minimum Gasteiger partial charge on any atom is -0.311 e. The van der Waals surface area contributed by atoms with E-state index in [2.05, 4.69) is 275 Å². The number of para-hydroxylation sites is 4. The van der Waals surface area contributed by atoms with Crippen molar-refractivity contribution in [2.24, 2.45) is 0 Å². The third-order valence-electron chi connectivity index (χ3n) is 13.4. The monoisotopic (exact) mass is 906 g/mol. The highest BCUT2D eigenvalue weighted by atomic mass is 15.1. The number of aromatic nitrogens is 1. The Labute approximate surface area is 414 Å². The first-order chi connectivity index (χ1) is 35.1. The fourth-order valence-electron chi connectivity index (χ4n) is 9.86. The normalized spacial score (nSPS) is 11.1. The van der Waals surface area contributed by atoms with Crippen molar-refractivity contribution in [3.05, 3.63) is 285 Å². The largest absolute Gasteiger partial charge is 0.311 e. The second-order valence-electron chi connectivity index (χ2n) is 17.7. The van der Waals surface area contributed by atoms with Crippen LogP contribution in [0.2, 0.25) is 0 Å². The standard InChI is InChI=1S/C67H46N4/c68-47-48-21-23-49(24-22-48)50-25-27-51(28-26-50)52-29-41-63(42-30-52)71-66-43-35-55(53-31-37-61(38-32-53)69(57-13-5-1-6-14-57)58-15-7-2-8-16-58)45-64(66)65-46-56(36-44-67(65)71)54-33-39-62(40-34-54)70(59-17-9-3-10-18-59)60-19-11-4-12-20-60/h1-46H. The van der Waals surface area contributed by atoms with Crippen LogP contribution in [0.4, 0.5) is 34.1 Å². The van der Waals surface area contributed by atoms with Crippen molar-refractivity contribution in [2.45, 2.75) is 0 Å². The van der Waals surface area contributed by atoms with Gasteiger partial charge in [-0.2, -0.15) is 5.26 Å². The van der Waals surface area contributed by atoms with Gasteiger partial charge in [0.1, 0.15) is 0 Å². The lowest BCUT2D eigenvalue weighted by Crippen LogP contribution is -2.09. The van der Waals surface area contributed by atoms with Crippen LogP contribution < -0.4 is 9.80 Å². The molecule has 12 rings (SSSR count). The fourth-order valence-corrected chi connectivity index (χ4v) is 9.86. The molecule has 12 aromatic rings. The number of rotatable bonds is 11. The first kappa shape index (κ1) is 42.6. The van der Waals surface area contributed by atoms with Crippen molar-refractivity contribution in [3.63, 3.8) is 0 Å². The average molecular weight is 907 g/mol. The van der Waals surface area contributed by atoms with Gasteiger partial charge < -0.3 is 14.4 Å². The lowest BCUT2D eigenvalue weighted by atomic mass is 9.99. The summed E-state index contributed by atoms with van der Waals surface area (Å²) in [6.45, 7) is 0. The highest BCUT2D eigenvalue weighted by Crippen LogP contribution is 2.41. The number of anilines is 6. The Hall–Kier alpha value is -9.69. The van der Waals surface area contributed by atoms with Gasteiger partial charge in [-0.25, -0.2) is 0 Å². The molecule has 1 heterocycles. The van der Waals surface area contributed by atoms with Gasteiger partial charge in [0.2, 0.25) is 0 Å². The Morgan fingerprint density at radius 3 is 0.873 bits per heavy atom. The third kappa shape index (κ3) is 8.39. The second-order valence-corrected chi connectivity index (χ2v) is 17.7. The van der Waals surface area contributed by atoms with Crippen molar-refractivity contribution in [1.82, 2.24) is 4.57 Å². The molecule has 4 heteroatoms. The summed E-state index contributed by atoms with van der Waals surface area (Å²) in [7, 11) is 0. The Morgan fingerprint density at radius 1 is 0.268 bits per heavy atom. The van der Waals surface area contributed by atoms with Gasteiger partial charge >= 0.3 is 0 Å². The van der Waals surface area contributed by atoms with E-state index in [1.165, 1.54) is 10.8 Å². The second kappa shape index (κ2) is 18.8. The molecule has 0 aliphatic rings. The van der Waals surface area contributed by atoms with Crippen LogP contribution >= 0.6 is 0 Å². The summed E-state index contributed by atoms with van der Waals surface area (Å²) in [5.41, 5.74) is 19.8. The number of hydrogen-bond acceptors (Lipinski definition) is 3. The van der Waals surface area contributed by atoms with Crippen LogP contribution in [-0.4, -0.2) is 4.57 Å². The average Bonchev–Trinajstić information content (AvgIpc) is 3.78. The summed E-state index contributed by atoms with van der Waals surface area (Å²) in [6, 6.07) is 101. The van der Waals surface area contributed by atoms with E-state index < -0.39 is 0 Å². The summed E-state index contributed by atoms with van der Waals surface area (Å²) in [5, 5.41) is 11.6. The van der Waals surface area contributed by atoms with Gasteiger partial charge in [-0.1, -0.05) is 158 Å². The van der Waals surface area contributed by atoms with E-state index in [0.29, 0.717) is 5.56 Å². The van der Waals surface area contributed by atoms with Crippen LogP contribution in [0, 0.1) is 11.3 Å².